The number of rotatable bonds is 7. The van der Waals surface area contributed by atoms with E-state index in [1.54, 1.807) is 0 Å². The third-order valence-corrected chi connectivity index (χ3v) is 3.67. The van der Waals surface area contributed by atoms with Gasteiger partial charge in [0.2, 0.25) is 0 Å². The van der Waals surface area contributed by atoms with Gasteiger partial charge >= 0.3 is 0 Å². The Kier molecular flexibility index (Phi) is 5.87. The lowest BCUT2D eigenvalue weighted by atomic mass is 9.81. The molecule has 1 aromatic carbocycles. The van der Waals surface area contributed by atoms with Gasteiger partial charge < -0.3 is 5.32 Å². The van der Waals surface area contributed by atoms with Crippen molar-refractivity contribution in [3.63, 3.8) is 0 Å². The second kappa shape index (κ2) is 6.94. The van der Waals surface area contributed by atoms with Gasteiger partial charge in [-0.3, -0.25) is 0 Å². The molecule has 0 amide bonds. The number of hydrogen-bond donors (Lipinski definition) is 1. The van der Waals surface area contributed by atoms with E-state index < -0.39 is 0 Å². The van der Waals surface area contributed by atoms with Crippen LogP contribution in [0.5, 0.6) is 0 Å². The minimum Gasteiger partial charge on any atom is -0.316 e. The summed E-state index contributed by atoms with van der Waals surface area (Å²) >= 11 is 0. The first-order valence-corrected chi connectivity index (χ1v) is 7.21. The first-order valence-electron chi connectivity index (χ1n) is 7.21. The molecule has 1 atom stereocenters. The standard InChI is InChI=1S/C17H29N/c1-6-17(5,13-18-12-14(2)3)11-16-9-7-8-15(4)10-16/h7-10,14,18H,6,11-13H2,1-5H3. The zero-order valence-corrected chi connectivity index (χ0v) is 12.7. The van der Waals surface area contributed by atoms with E-state index in [0.717, 1.165) is 25.4 Å². The van der Waals surface area contributed by atoms with Gasteiger partial charge in [0.1, 0.15) is 0 Å². The maximum absolute atomic E-state index is 3.61. The van der Waals surface area contributed by atoms with E-state index in [-0.39, 0.29) is 0 Å². The fourth-order valence-corrected chi connectivity index (χ4v) is 2.29. The van der Waals surface area contributed by atoms with E-state index in [2.05, 4.69) is 64.2 Å². The van der Waals surface area contributed by atoms with Crippen LogP contribution in [-0.2, 0) is 6.42 Å². The molecule has 0 aromatic heterocycles. The van der Waals surface area contributed by atoms with Crippen LogP contribution < -0.4 is 5.32 Å². The molecule has 1 aromatic rings. The van der Waals surface area contributed by atoms with Gasteiger partial charge in [0.05, 0.1) is 0 Å². The van der Waals surface area contributed by atoms with Crippen molar-refractivity contribution in [1.82, 2.24) is 5.32 Å². The molecule has 0 aliphatic heterocycles. The summed E-state index contributed by atoms with van der Waals surface area (Å²) in [6.45, 7) is 13.6. The molecule has 1 N–H and O–H groups in total. The topological polar surface area (TPSA) is 12.0 Å². The second-order valence-electron chi connectivity index (χ2n) is 6.35. The normalized spacial score (nSPS) is 14.8. The van der Waals surface area contributed by atoms with Crippen LogP contribution in [0.25, 0.3) is 0 Å². The Morgan fingerprint density at radius 3 is 2.56 bits per heavy atom. The quantitative estimate of drug-likeness (QED) is 0.761. The number of aryl methyl sites for hydroxylation is 1. The van der Waals surface area contributed by atoms with Gasteiger partial charge in [-0.2, -0.15) is 0 Å². The maximum Gasteiger partial charge on any atom is 0.000836 e. The van der Waals surface area contributed by atoms with Crippen LogP contribution in [0.4, 0.5) is 0 Å². The van der Waals surface area contributed by atoms with Crippen molar-refractivity contribution < 1.29 is 0 Å². The van der Waals surface area contributed by atoms with Crippen molar-refractivity contribution in [3.05, 3.63) is 35.4 Å². The van der Waals surface area contributed by atoms with E-state index in [1.807, 2.05) is 0 Å². The molecule has 0 bridgehead atoms. The van der Waals surface area contributed by atoms with Crippen molar-refractivity contribution >= 4 is 0 Å². The third kappa shape index (κ3) is 5.22. The zero-order valence-electron chi connectivity index (χ0n) is 12.7. The number of benzene rings is 1. The highest BCUT2D eigenvalue weighted by Crippen LogP contribution is 2.26. The highest BCUT2D eigenvalue weighted by Gasteiger charge is 2.22. The largest absolute Gasteiger partial charge is 0.316 e. The second-order valence-corrected chi connectivity index (χ2v) is 6.35. The summed E-state index contributed by atoms with van der Waals surface area (Å²) < 4.78 is 0. The Morgan fingerprint density at radius 1 is 1.28 bits per heavy atom. The lowest BCUT2D eigenvalue weighted by Gasteiger charge is -2.29. The van der Waals surface area contributed by atoms with E-state index in [9.17, 15) is 0 Å². The first kappa shape index (κ1) is 15.2. The molecule has 0 heterocycles. The van der Waals surface area contributed by atoms with Gasteiger partial charge in [-0.1, -0.05) is 57.5 Å². The zero-order chi connectivity index (χ0) is 13.6. The Balaban J connectivity index is 2.58. The van der Waals surface area contributed by atoms with Gasteiger partial charge in [-0.25, -0.2) is 0 Å². The van der Waals surface area contributed by atoms with Crippen LogP contribution in [0.2, 0.25) is 0 Å². The third-order valence-electron chi connectivity index (χ3n) is 3.67. The predicted octanol–water partition coefficient (Wildman–Crippen LogP) is 4.20. The molecule has 0 fully saturated rings. The van der Waals surface area contributed by atoms with E-state index in [0.29, 0.717) is 5.41 Å². The summed E-state index contributed by atoms with van der Waals surface area (Å²) in [5.74, 6) is 0.727. The summed E-state index contributed by atoms with van der Waals surface area (Å²) in [6.07, 6.45) is 2.38. The van der Waals surface area contributed by atoms with Crippen LogP contribution in [-0.4, -0.2) is 13.1 Å². The van der Waals surface area contributed by atoms with E-state index >= 15 is 0 Å². The van der Waals surface area contributed by atoms with Crippen LogP contribution >= 0.6 is 0 Å². The lowest BCUT2D eigenvalue weighted by Crippen LogP contribution is -2.35. The molecular formula is C17H29N. The van der Waals surface area contributed by atoms with Gasteiger partial charge in [-0.05, 0) is 43.2 Å². The summed E-state index contributed by atoms with van der Waals surface area (Å²) in [4.78, 5) is 0. The average Bonchev–Trinajstić information content (AvgIpc) is 2.28. The van der Waals surface area contributed by atoms with Gasteiger partial charge in [0, 0.05) is 6.54 Å². The SMILES string of the molecule is CCC(C)(CNCC(C)C)Cc1cccc(C)c1. The van der Waals surface area contributed by atoms with E-state index in [4.69, 9.17) is 0 Å². The Labute approximate surface area is 113 Å². The van der Waals surface area contributed by atoms with Crippen LogP contribution in [0.1, 0.15) is 45.2 Å². The molecule has 0 aliphatic carbocycles. The lowest BCUT2D eigenvalue weighted by molar-refractivity contribution is 0.285. The molecule has 18 heavy (non-hydrogen) atoms. The van der Waals surface area contributed by atoms with Gasteiger partial charge in [0.25, 0.3) is 0 Å². The summed E-state index contributed by atoms with van der Waals surface area (Å²) in [6, 6.07) is 8.91. The number of hydrogen-bond acceptors (Lipinski definition) is 1. The molecule has 0 saturated heterocycles. The molecule has 0 radical (unpaired) electrons. The molecule has 1 rings (SSSR count). The Bertz CT molecular complexity index is 356. The molecule has 0 aliphatic rings. The van der Waals surface area contributed by atoms with Crippen molar-refractivity contribution in [1.29, 1.82) is 0 Å². The smallest absolute Gasteiger partial charge is 0.000836 e. The molecule has 1 heteroatoms. The highest BCUT2D eigenvalue weighted by molar-refractivity contribution is 5.23. The van der Waals surface area contributed by atoms with E-state index in [1.165, 1.54) is 17.5 Å². The van der Waals surface area contributed by atoms with Gasteiger partial charge in [-0.15, -0.1) is 0 Å². The Morgan fingerprint density at radius 2 is 2.00 bits per heavy atom. The summed E-state index contributed by atoms with van der Waals surface area (Å²) in [5, 5.41) is 3.61. The minimum absolute atomic E-state index is 0.364. The van der Waals surface area contributed by atoms with Crippen molar-refractivity contribution in [2.75, 3.05) is 13.1 Å². The molecule has 0 spiro atoms. The molecule has 1 nitrogen and oxygen atoms in total. The molecule has 102 valence electrons. The first-order chi connectivity index (χ1) is 8.45. The summed E-state index contributed by atoms with van der Waals surface area (Å²) in [5.41, 5.74) is 3.19. The van der Waals surface area contributed by atoms with Crippen LogP contribution in [0, 0.1) is 18.3 Å². The summed E-state index contributed by atoms with van der Waals surface area (Å²) in [7, 11) is 0. The van der Waals surface area contributed by atoms with Crippen molar-refractivity contribution in [2.24, 2.45) is 11.3 Å². The van der Waals surface area contributed by atoms with Crippen molar-refractivity contribution in [3.8, 4) is 0 Å². The monoisotopic (exact) mass is 247 g/mol. The molecule has 0 saturated carbocycles. The van der Waals surface area contributed by atoms with Gasteiger partial charge in [0.15, 0.2) is 0 Å². The number of nitrogens with one attached hydrogen (secondary N) is 1. The molecule has 1 unspecified atom stereocenters. The van der Waals surface area contributed by atoms with Crippen LogP contribution in [0.3, 0.4) is 0 Å². The fourth-order valence-electron chi connectivity index (χ4n) is 2.29. The fraction of sp³-hybridized carbons (Fsp3) is 0.647. The minimum atomic E-state index is 0.364. The average molecular weight is 247 g/mol. The predicted molar refractivity (Wildman–Crippen MR) is 81.0 cm³/mol. The van der Waals surface area contributed by atoms with Crippen molar-refractivity contribution in [2.45, 2.75) is 47.5 Å². The van der Waals surface area contributed by atoms with Crippen LogP contribution in [0.15, 0.2) is 24.3 Å². The Hall–Kier alpha value is -0.820. The highest BCUT2D eigenvalue weighted by atomic mass is 14.9. The maximum atomic E-state index is 3.61. The molecular weight excluding hydrogens is 218 g/mol.